The van der Waals surface area contributed by atoms with Gasteiger partial charge >= 0.3 is 0 Å². The Hall–Kier alpha value is -0.310. The fraction of sp³-hybridized carbons (Fsp3) is 0.333. The predicted molar refractivity (Wildman–Crippen MR) is 38.8 cm³/mol. The molecule has 0 saturated heterocycles. The summed E-state index contributed by atoms with van der Waals surface area (Å²) in [6.07, 6.45) is 4.92. The standard InChI is InChI=1S/C6H7BrFN/c7-6(8)3-1-5(9)2-4-6/h1-3H,4,9H2. The van der Waals surface area contributed by atoms with E-state index in [0.29, 0.717) is 12.1 Å². The van der Waals surface area contributed by atoms with Crippen LogP contribution in [0.25, 0.3) is 0 Å². The molecule has 0 aliphatic heterocycles. The van der Waals surface area contributed by atoms with Crippen molar-refractivity contribution in [3.63, 3.8) is 0 Å². The highest BCUT2D eigenvalue weighted by Crippen LogP contribution is 2.29. The lowest BCUT2D eigenvalue weighted by atomic mass is 10.1. The van der Waals surface area contributed by atoms with Crippen molar-refractivity contribution in [3.8, 4) is 0 Å². The van der Waals surface area contributed by atoms with E-state index in [9.17, 15) is 4.39 Å². The molecule has 0 aromatic rings. The average Bonchev–Trinajstić information content (AvgIpc) is 1.78. The highest BCUT2D eigenvalue weighted by Gasteiger charge is 2.22. The second-order valence-corrected chi connectivity index (χ2v) is 3.32. The molecule has 1 aliphatic rings. The van der Waals surface area contributed by atoms with Gasteiger partial charge in [-0.25, -0.2) is 4.39 Å². The summed E-state index contributed by atoms with van der Waals surface area (Å²) in [5.41, 5.74) is 5.97. The van der Waals surface area contributed by atoms with Crippen LogP contribution in [-0.2, 0) is 0 Å². The first kappa shape index (κ1) is 6.81. The largest absolute Gasteiger partial charge is 0.399 e. The Morgan fingerprint density at radius 2 is 2.44 bits per heavy atom. The lowest BCUT2D eigenvalue weighted by Gasteiger charge is -2.14. The fourth-order valence-electron chi connectivity index (χ4n) is 0.608. The third-order valence-electron chi connectivity index (χ3n) is 1.13. The van der Waals surface area contributed by atoms with Gasteiger partial charge in [-0.1, -0.05) is 6.08 Å². The molecule has 9 heavy (non-hydrogen) atoms. The second-order valence-electron chi connectivity index (χ2n) is 2.00. The summed E-state index contributed by atoms with van der Waals surface area (Å²) >= 11 is 2.87. The first-order valence-corrected chi connectivity index (χ1v) is 3.42. The van der Waals surface area contributed by atoms with Gasteiger partial charge in [0.2, 0.25) is 0 Å². The number of hydrogen-bond acceptors (Lipinski definition) is 1. The van der Waals surface area contributed by atoms with Crippen LogP contribution < -0.4 is 5.73 Å². The molecule has 0 radical (unpaired) electrons. The van der Waals surface area contributed by atoms with Crippen LogP contribution in [0.1, 0.15) is 6.42 Å². The molecule has 0 aromatic heterocycles. The molecule has 0 amide bonds. The van der Waals surface area contributed by atoms with Gasteiger partial charge in [-0.2, -0.15) is 0 Å². The zero-order valence-electron chi connectivity index (χ0n) is 4.77. The molecule has 0 spiro atoms. The molecule has 3 heteroatoms. The zero-order chi connectivity index (χ0) is 6.91. The highest BCUT2D eigenvalue weighted by molar-refractivity contribution is 9.10. The number of rotatable bonds is 0. The van der Waals surface area contributed by atoms with Crippen LogP contribution in [-0.4, -0.2) is 4.58 Å². The van der Waals surface area contributed by atoms with Gasteiger partial charge in [-0.3, -0.25) is 0 Å². The Kier molecular flexibility index (Phi) is 1.62. The smallest absolute Gasteiger partial charge is 0.187 e. The maximum absolute atomic E-state index is 12.8. The third kappa shape index (κ3) is 1.82. The van der Waals surface area contributed by atoms with E-state index in [1.165, 1.54) is 6.08 Å². The number of hydrogen-bond donors (Lipinski definition) is 1. The molecule has 0 heterocycles. The van der Waals surface area contributed by atoms with E-state index >= 15 is 0 Å². The Balaban J connectivity index is 2.70. The minimum absolute atomic E-state index is 0.315. The first-order chi connectivity index (χ1) is 4.10. The van der Waals surface area contributed by atoms with E-state index < -0.39 is 4.58 Å². The van der Waals surface area contributed by atoms with Gasteiger partial charge in [-0.05, 0) is 28.1 Å². The molecular formula is C6H7BrFN. The minimum atomic E-state index is -1.37. The maximum atomic E-state index is 12.8. The van der Waals surface area contributed by atoms with Crippen molar-refractivity contribution < 1.29 is 4.39 Å². The van der Waals surface area contributed by atoms with Crippen LogP contribution in [0.2, 0.25) is 0 Å². The van der Waals surface area contributed by atoms with Crippen molar-refractivity contribution >= 4 is 15.9 Å². The molecule has 1 rings (SSSR count). The fourth-order valence-corrected chi connectivity index (χ4v) is 0.902. The van der Waals surface area contributed by atoms with Gasteiger partial charge in [0.1, 0.15) is 0 Å². The predicted octanol–water partition coefficient (Wildman–Crippen LogP) is 1.85. The number of nitrogens with two attached hydrogens (primary N) is 1. The summed E-state index contributed by atoms with van der Waals surface area (Å²) in [4.78, 5) is 0. The molecule has 0 bridgehead atoms. The Labute approximate surface area is 61.6 Å². The quantitative estimate of drug-likeness (QED) is 0.582. The Bertz CT molecular complexity index is 172. The highest BCUT2D eigenvalue weighted by atomic mass is 79.9. The lowest BCUT2D eigenvalue weighted by molar-refractivity contribution is 0.366. The van der Waals surface area contributed by atoms with E-state index in [1.807, 2.05) is 0 Å². The van der Waals surface area contributed by atoms with Crippen LogP contribution >= 0.6 is 15.9 Å². The molecule has 1 atom stereocenters. The third-order valence-corrected chi connectivity index (χ3v) is 1.72. The number of alkyl halides is 2. The SMILES string of the molecule is NC1=CCC(F)(Br)C=C1. The van der Waals surface area contributed by atoms with Crippen LogP contribution in [0.5, 0.6) is 0 Å². The van der Waals surface area contributed by atoms with Crippen molar-refractivity contribution in [1.29, 1.82) is 0 Å². The molecular weight excluding hydrogens is 185 g/mol. The van der Waals surface area contributed by atoms with E-state index in [2.05, 4.69) is 15.9 Å². The van der Waals surface area contributed by atoms with E-state index in [4.69, 9.17) is 5.73 Å². The normalized spacial score (nSPS) is 34.2. The summed E-state index contributed by atoms with van der Waals surface area (Å²) < 4.78 is 11.4. The summed E-state index contributed by atoms with van der Waals surface area (Å²) in [5, 5.41) is 0. The average molecular weight is 192 g/mol. The van der Waals surface area contributed by atoms with Crippen molar-refractivity contribution in [2.24, 2.45) is 5.73 Å². The van der Waals surface area contributed by atoms with Crippen molar-refractivity contribution in [2.75, 3.05) is 0 Å². The molecule has 1 nitrogen and oxygen atoms in total. The van der Waals surface area contributed by atoms with E-state index in [1.54, 1.807) is 12.2 Å². The number of allylic oxidation sites excluding steroid dienone is 3. The van der Waals surface area contributed by atoms with E-state index in [0.717, 1.165) is 0 Å². The molecule has 0 saturated carbocycles. The molecule has 1 unspecified atom stereocenters. The molecule has 1 aliphatic carbocycles. The second kappa shape index (κ2) is 2.14. The van der Waals surface area contributed by atoms with Gasteiger partial charge in [0.15, 0.2) is 4.58 Å². The molecule has 2 N–H and O–H groups in total. The summed E-state index contributed by atoms with van der Waals surface area (Å²) in [5.74, 6) is 0. The number of halogens is 2. The molecule has 0 fully saturated rings. The van der Waals surface area contributed by atoms with Crippen LogP contribution in [0.15, 0.2) is 23.9 Å². The Morgan fingerprint density at radius 3 is 2.78 bits per heavy atom. The van der Waals surface area contributed by atoms with Gasteiger partial charge in [0.25, 0.3) is 0 Å². The van der Waals surface area contributed by atoms with E-state index in [-0.39, 0.29) is 0 Å². The monoisotopic (exact) mass is 191 g/mol. The van der Waals surface area contributed by atoms with Crippen LogP contribution in [0.3, 0.4) is 0 Å². The van der Waals surface area contributed by atoms with Gasteiger partial charge in [0, 0.05) is 12.1 Å². The maximum Gasteiger partial charge on any atom is 0.187 e. The van der Waals surface area contributed by atoms with Gasteiger partial charge in [-0.15, -0.1) is 0 Å². The summed E-state index contributed by atoms with van der Waals surface area (Å²) in [6, 6.07) is 0. The van der Waals surface area contributed by atoms with Crippen LogP contribution in [0.4, 0.5) is 4.39 Å². The first-order valence-electron chi connectivity index (χ1n) is 2.63. The molecule has 50 valence electrons. The topological polar surface area (TPSA) is 26.0 Å². The summed E-state index contributed by atoms with van der Waals surface area (Å²) in [7, 11) is 0. The van der Waals surface area contributed by atoms with Crippen LogP contribution in [0, 0.1) is 0 Å². The Morgan fingerprint density at radius 1 is 1.78 bits per heavy atom. The summed E-state index contributed by atoms with van der Waals surface area (Å²) in [6.45, 7) is 0. The minimum Gasteiger partial charge on any atom is -0.399 e. The molecule has 0 aromatic carbocycles. The lowest BCUT2D eigenvalue weighted by Crippen LogP contribution is -2.13. The van der Waals surface area contributed by atoms with Gasteiger partial charge in [0.05, 0.1) is 0 Å². The van der Waals surface area contributed by atoms with Crippen molar-refractivity contribution in [2.45, 2.75) is 11.0 Å². The van der Waals surface area contributed by atoms with Crippen molar-refractivity contribution in [3.05, 3.63) is 23.9 Å². The van der Waals surface area contributed by atoms with Gasteiger partial charge < -0.3 is 5.73 Å². The van der Waals surface area contributed by atoms with Crippen molar-refractivity contribution in [1.82, 2.24) is 0 Å². The zero-order valence-corrected chi connectivity index (χ0v) is 6.36.